The van der Waals surface area contributed by atoms with Gasteiger partial charge >= 0.3 is 0 Å². The van der Waals surface area contributed by atoms with Crippen LogP contribution in [0.15, 0.2) is 262 Å². The minimum absolute atomic E-state index is 0.363. The average molecular weight is 1180 g/mol. The molecule has 89 heavy (non-hydrogen) atoms. The summed E-state index contributed by atoms with van der Waals surface area (Å²) in [6.07, 6.45) is 9.80. The van der Waals surface area contributed by atoms with Gasteiger partial charge in [-0.25, -0.2) is 22.8 Å². The van der Waals surface area contributed by atoms with E-state index in [1.54, 1.807) is 30.6 Å². The van der Waals surface area contributed by atoms with Crippen molar-refractivity contribution >= 4 is 0 Å². The van der Waals surface area contributed by atoms with Crippen LogP contribution in [0.25, 0.3) is 67.5 Å². The second kappa shape index (κ2) is 32.3. The first-order valence-corrected chi connectivity index (χ1v) is 30.3. The Morgan fingerprint density at radius 3 is 0.944 bits per heavy atom. The Hall–Kier alpha value is -9.78. The van der Waals surface area contributed by atoms with Crippen LogP contribution in [0.2, 0.25) is 0 Å². The fourth-order valence-corrected chi connectivity index (χ4v) is 10.6. The van der Waals surface area contributed by atoms with Crippen LogP contribution in [0.4, 0.5) is 0 Å². The van der Waals surface area contributed by atoms with Crippen molar-refractivity contribution in [2.45, 2.75) is 76.0 Å². The third kappa shape index (κ3) is 18.4. The molecule has 0 atom stereocenters. The molecule has 0 fully saturated rings. The Morgan fingerprint density at radius 2 is 0.551 bits per heavy atom. The predicted octanol–water partition coefficient (Wildman–Crippen LogP) is 16.5. The van der Waals surface area contributed by atoms with Gasteiger partial charge < -0.3 is 0 Å². The highest BCUT2D eigenvalue weighted by Gasteiger charge is 2.16. The van der Waals surface area contributed by atoms with E-state index < -0.39 is 13.7 Å². The van der Waals surface area contributed by atoms with E-state index in [0.717, 1.165) is 28.1 Å². The van der Waals surface area contributed by atoms with Gasteiger partial charge in [-0.05, 0) is 174 Å². The maximum atomic E-state index is 7.48. The molecule has 0 aliphatic carbocycles. The van der Waals surface area contributed by atoms with Crippen LogP contribution < -0.4 is 27.4 Å². The summed E-state index contributed by atoms with van der Waals surface area (Å²) in [5.41, 5.74) is 26.6. The summed E-state index contributed by atoms with van der Waals surface area (Å²) < 4.78 is 57.2. The molecule has 0 amide bonds. The molecule has 0 saturated heterocycles. The Bertz CT molecular complexity index is 4460. The van der Waals surface area contributed by atoms with E-state index in [1.807, 2.05) is 97.7 Å². The van der Waals surface area contributed by atoms with Gasteiger partial charge in [-0.3, -0.25) is 0 Å². The summed E-state index contributed by atoms with van der Waals surface area (Å²) >= 11 is 0. The summed E-state index contributed by atoms with van der Waals surface area (Å²) in [6.45, 7) is 14.9. The number of hydrogen-bond acceptors (Lipinski definition) is 0. The van der Waals surface area contributed by atoms with Gasteiger partial charge in [-0.1, -0.05) is 109 Å². The highest BCUT2D eigenvalue weighted by atomic mass is 14.9. The lowest BCUT2D eigenvalue weighted by Gasteiger charge is -2.04. The Balaban J connectivity index is 0.000000161. The van der Waals surface area contributed by atoms with Crippen molar-refractivity contribution in [1.82, 2.24) is 0 Å². The largest absolute Gasteiger partial charge is 0.212 e. The Kier molecular flexibility index (Phi) is 21.1. The molecule has 12 rings (SSSR count). The van der Waals surface area contributed by atoms with Crippen LogP contribution in [0, 0.1) is 76.0 Å². The maximum Gasteiger partial charge on any atom is 0.212 e. The van der Waals surface area contributed by atoms with Crippen LogP contribution in [-0.4, -0.2) is 0 Å². The minimum Gasteiger partial charge on any atom is -0.201 e. The van der Waals surface area contributed by atoms with Crippen molar-refractivity contribution in [2.75, 3.05) is 0 Å². The molecule has 6 heteroatoms. The molecule has 0 unspecified atom stereocenters. The van der Waals surface area contributed by atoms with Crippen molar-refractivity contribution in [3.05, 3.63) is 323 Å². The molecule has 6 nitrogen and oxygen atoms in total. The average Bonchev–Trinajstić information content (AvgIpc) is 0.988. The van der Waals surface area contributed by atoms with Crippen LogP contribution in [0.5, 0.6) is 0 Å². The molecule has 6 aromatic heterocycles. The molecule has 6 aromatic carbocycles. The van der Waals surface area contributed by atoms with Gasteiger partial charge in [0.05, 0.1) is 0 Å². The van der Waals surface area contributed by atoms with Gasteiger partial charge in [-0.15, -0.1) is 0 Å². The molecular weight excluding hydrogens is 1080 g/mol. The molecule has 0 saturated carbocycles. The molecule has 450 valence electrons. The first kappa shape index (κ1) is 58.2. The van der Waals surface area contributed by atoms with Gasteiger partial charge in [0.25, 0.3) is 0 Å². The fraction of sp³-hybridized carbons (Fsp3) is 0.205. The second-order valence-corrected chi connectivity index (χ2v) is 22.9. The van der Waals surface area contributed by atoms with E-state index in [2.05, 4.69) is 265 Å². The fourth-order valence-electron chi connectivity index (χ4n) is 10.6. The molecule has 0 bridgehead atoms. The second-order valence-electron chi connectivity index (χ2n) is 22.9. The zero-order valence-electron chi connectivity index (χ0n) is 61.0. The standard InChI is InChI=1S/5C14H16N.C13H14N/c1-11-7-4-5-9-13(11)14-10-6-8-12(2)15(14)3;2*1-11-8-9-15(3)14(10-11)13-7-5-4-6-12(13)2;2*1-11-8-9-14(15(3)10-11)13-7-5-4-6-12(13)2;1-11-7-3-4-8-12(11)13-9-5-6-10-14(13)2/h5*4-10H,1-3H3;3-10H,1-2H3/q6*+1/i;1D3;;1D3;;. The van der Waals surface area contributed by atoms with E-state index in [-0.39, 0.29) is 0 Å². The molecule has 0 spiro atoms. The van der Waals surface area contributed by atoms with Crippen LogP contribution in [0.3, 0.4) is 0 Å². The summed E-state index contributed by atoms with van der Waals surface area (Å²) in [6, 6.07) is 78.2. The number of hydrogen-bond donors (Lipinski definition) is 0. The zero-order chi connectivity index (χ0) is 69.1. The van der Waals surface area contributed by atoms with Crippen LogP contribution in [0.1, 0.15) is 69.6 Å². The van der Waals surface area contributed by atoms with Crippen molar-refractivity contribution in [2.24, 2.45) is 42.3 Å². The lowest BCUT2D eigenvalue weighted by molar-refractivity contribution is -0.666. The van der Waals surface area contributed by atoms with E-state index in [1.165, 1.54) is 89.7 Å². The summed E-state index contributed by atoms with van der Waals surface area (Å²) in [5.74, 6) is 0. The summed E-state index contributed by atoms with van der Waals surface area (Å²) in [5, 5.41) is 0. The molecule has 0 aliphatic heterocycles. The number of benzene rings is 6. The van der Waals surface area contributed by atoms with Crippen molar-refractivity contribution in [3.8, 4) is 67.5 Å². The first-order valence-electron chi connectivity index (χ1n) is 33.3. The predicted molar refractivity (Wildman–Crippen MR) is 370 cm³/mol. The maximum absolute atomic E-state index is 7.48. The third-order valence-electron chi connectivity index (χ3n) is 15.9. The Labute approximate surface area is 541 Å². The SMILES string of the molecule is Cc1cc[n+](C)c(-c2ccccc2C)c1.Cc1ccc(-c2ccccc2C)[n+](C)c1.Cc1ccccc1-c1cccc(C)[n+]1C.Cc1ccccc1-c1cccc[n+]1C.[2H]C([2H])([2H])c1cc[n+](C)c(-c2ccccc2C)c1.[2H]C([2H])([2H])c1ccc(-c2ccccc2C)[n+](C)c1. The third-order valence-corrected chi connectivity index (χ3v) is 15.9. The number of aryl methyl sites for hydroxylation is 16. The molecular formula is C83H94N6+6. The number of rotatable bonds is 6. The number of pyridine rings is 6. The Morgan fingerprint density at radius 1 is 0.236 bits per heavy atom. The van der Waals surface area contributed by atoms with Gasteiger partial charge in [0.2, 0.25) is 34.2 Å². The van der Waals surface area contributed by atoms with Gasteiger partial charge in [0.1, 0.15) is 42.3 Å². The molecule has 0 radical (unpaired) electrons. The van der Waals surface area contributed by atoms with E-state index >= 15 is 0 Å². The summed E-state index contributed by atoms with van der Waals surface area (Å²) in [4.78, 5) is 0. The molecule has 12 aromatic rings. The van der Waals surface area contributed by atoms with Crippen LogP contribution in [-0.2, 0) is 42.3 Å². The number of nitrogens with zero attached hydrogens (tertiary/aromatic N) is 6. The summed E-state index contributed by atoms with van der Waals surface area (Å²) in [7, 11) is 12.1. The lowest BCUT2D eigenvalue weighted by atomic mass is 10.0. The lowest BCUT2D eigenvalue weighted by Crippen LogP contribution is -2.34. The van der Waals surface area contributed by atoms with Crippen molar-refractivity contribution in [3.63, 3.8) is 0 Å². The zero-order valence-corrected chi connectivity index (χ0v) is 55.0. The quantitative estimate of drug-likeness (QED) is 0.148. The van der Waals surface area contributed by atoms with E-state index in [9.17, 15) is 0 Å². The number of aromatic nitrogens is 6. The van der Waals surface area contributed by atoms with Crippen molar-refractivity contribution < 1.29 is 35.6 Å². The molecule has 0 N–H and O–H groups in total. The van der Waals surface area contributed by atoms with Crippen molar-refractivity contribution in [1.29, 1.82) is 0 Å². The van der Waals surface area contributed by atoms with Gasteiger partial charge in [-0.2, -0.15) is 4.57 Å². The van der Waals surface area contributed by atoms with Gasteiger partial charge in [0.15, 0.2) is 36.7 Å². The highest BCUT2D eigenvalue weighted by molar-refractivity contribution is 5.65. The topological polar surface area (TPSA) is 23.3 Å². The highest BCUT2D eigenvalue weighted by Crippen LogP contribution is 2.25. The minimum atomic E-state index is -2.06. The van der Waals surface area contributed by atoms with E-state index in [4.69, 9.17) is 8.22 Å². The normalized spacial score (nSPS) is 11.6. The first-order chi connectivity index (χ1) is 45.1. The molecule has 0 aliphatic rings. The smallest absolute Gasteiger partial charge is 0.201 e. The van der Waals surface area contributed by atoms with Gasteiger partial charge in [0, 0.05) is 120 Å². The molecule has 6 heterocycles. The monoisotopic (exact) mass is 1180 g/mol. The van der Waals surface area contributed by atoms with E-state index in [0.29, 0.717) is 11.1 Å². The van der Waals surface area contributed by atoms with Crippen LogP contribution >= 0.6 is 0 Å².